The van der Waals surface area contributed by atoms with Crippen LogP contribution in [0, 0.1) is 0 Å². The molecule has 0 aliphatic heterocycles. The Labute approximate surface area is 109 Å². The molecule has 2 aromatic rings. The van der Waals surface area contributed by atoms with Gasteiger partial charge in [0.25, 0.3) is 5.91 Å². The lowest BCUT2D eigenvalue weighted by Crippen LogP contribution is -2.11. The molecule has 0 spiro atoms. The molecule has 0 aliphatic carbocycles. The van der Waals surface area contributed by atoms with Gasteiger partial charge in [0, 0.05) is 11.8 Å². The second-order valence-electron chi connectivity index (χ2n) is 3.62. The number of rotatable bonds is 4. The number of carbonyl (C=O) groups is 1. The van der Waals surface area contributed by atoms with E-state index in [0.29, 0.717) is 22.9 Å². The average Bonchev–Trinajstić information content (AvgIpc) is 2.76. The lowest BCUT2D eigenvalue weighted by Gasteiger charge is -2.07. The first-order valence-corrected chi connectivity index (χ1v) is 6.46. The molecule has 0 aliphatic rings. The van der Waals surface area contributed by atoms with Crippen molar-refractivity contribution in [2.75, 3.05) is 17.7 Å². The zero-order valence-electron chi connectivity index (χ0n) is 9.97. The van der Waals surface area contributed by atoms with Crippen LogP contribution in [0.1, 0.15) is 16.6 Å². The second kappa shape index (κ2) is 5.55. The zero-order valence-corrected chi connectivity index (χ0v) is 10.8. The number of nitrogens with two attached hydrogens (primary N) is 1. The van der Waals surface area contributed by atoms with Gasteiger partial charge in [-0.05, 0) is 30.5 Å². The SMILES string of the molecule is CCOc1cccc(NC(=O)c2sccc2N)c1. The largest absolute Gasteiger partial charge is 0.494 e. The van der Waals surface area contributed by atoms with Gasteiger partial charge in [0.1, 0.15) is 10.6 Å². The first-order chi connectivity index (χ1) is 8.70. The third-order valence-electron chi connectivity index (χ3n) is 2.30. The highest BCUT2D eigenvalue weighted by Gasteiger charge is 2.11. The lowest BCUT2D eigenvalue weighted by molar-refractivity contribution is 0.103. The summed E-state index contributed by atoms with van der Waals surface area (Å²) in [6, 6.07) is 8.99. The van der Waals surface area contributed by atoms with Crippen molar-refractivity contribution in [3.8, 4) is 5.75 Å². The molecule has 18 heavy (non-hydrogen) atoms. The Morgan fingerprint density at radius 2 is 2.28 bits per heavy atom. The van der Waals surface area contributed by atoms with E-state index in [9.17, 15) is 4.79 Å². The Morgan fingerprint density at radius 1 is 1.44 bits per heavy atom. The summed E-state index contributed by atoms with van der Waals surface area (Å²) in [5.41, 5.74) is 6.89. The van der Waals surface area contributed by atoms with Gasteiger partial charge in [0.15, 0.2) is 0 Å². The molecule has 0 saturated carbocycles. The van der Waals surface area contributed by atoms with Gasteiger partial charge in [-0.3, -0.25) is 4.79 Å². The van der Waals surface area contributed by atoms with E-state index in [2.05, 4.69) is 5.32 Å². The van der Waals surface area contributed by atoms with Gasteiger partial charge >= 0.3 is 0 Å². The van der Waals surface area contributed by atoms with E-state index in [-0.39, 0.29) is 5.91 Å². The summed E-state index contributed by atoms with van der Waals surface area (Å²) in [5, 5.41) is 4.59. The fourth-order valence-corrected chi connectivity index (χ4v) is 2.23. The minimum Gasteiger partial charge on any atom is -0.494 e. The summed E-state index contributed by atoms with van der Waals surface area (Å²) >= 11 is 1.32. The molecule has 1 amide bonds. The number of hydrogen-bond donors (Lipinski definition) is 2. The van der Waals surface area contributed by atoms with E-state index in [1.807, 2.05) is 25.1 Å². The Kier molecular flexibility index (Phi) is 3.84. The highest BCUT2D eigenvalue weighted by atomic mass is 32.1. The predicted molar refractivity (Wildman–Crippen MR) is 74.3 cm³/mol. The number of nitrogen functional groups attached to an aromatic ring is 1. The molecule has 0 bridgehead atoms. The van der Waals surface area contributed by atoms with Crippen LogP contribution in [0.2, 0.25) is 0 Å². The number of carbonyl (C=O) groups excluding carboxylic acids is 1. The minimum absolute atomic E-state index is 0.198. The molecular weight excluding hydrogens is 248 g/mol. The molecule has 4 nitrogen and oxygen atoms in total. The van der Waals surface area contributed by atoms with Crippen LogP contribution in [0.25, 0.3) is 0 Å². The van der Waals surface area contributed by atoms with Crippen molar-refractivity contribution < 1.29 is 9.53 Å². The van der Waals surface area contributed by atoms with Gasteiger partial charge in [0.05, 0.1) is 12.3 Å². The van der Waals surface area contributed by atoms with Crippen molar-refractivity contribution in [1.29, 1.82) is 0 Å². The van der Waals surface area contributed by atoms with Crippen LogP contribution < -0.4 is 15.8 Å². The Bertz CT molecular complexity index is 551. The molecule has 0 radical (unpaired) electrons. The van der Waals surface area contributed by atoms with Crippen LogP contribution in [-0.2, 0) is 0 Å². The zero-order chi connectivity index (χ0) is 13.0. The molecule has 94 valence electrons. The molecule has 0 fully saturated rings. The molecular formula is C13H14N2O2S. The van der Waals surface area contributed by atoms with Crippen LogP contribution >= 0.6 is 11.3 Å². The third-order valence-corrected chi connectivity index (χ3v) is 3.23. The topological polar surface area (TPSA) is 64.3 Å². The summed E-state index contributed by atoms with van der Waals surface area (Å²) in [6.07, 6.45) is 0. The standard InChI is InChI=1S/C13H14N2O2S/c1-2-17-10-5-3-4-9(8-10)15-13(16)12-11(14)6-7-18-12/h3-8H,2,14H2,1H3,(H,15,16). The quantitative estimate of drug-likeness (QED) is 0.890. The van der Waals surface area contributed by atoms with Gasteiger partial charge in [-0.25, -0.2) is 0 Å². The van der Waals surface area contributed by atoms with E-state index in [0.717, 1.165) is 5.75 Å². The van der Waals surface area contributed by atoms with Gasteiger partial charge < -0.3 is 15.8 Å². The van der Waals surface area contributed by atoms with Crippen molar-refractivity contribution in [3.05, 3.63) is 40.6 Å². The first-order valence-electron chi connectivity index (χ1n) is 5.58. The van der Waals surface area contributed by atoms with Crippen LogP contribution in [0.15, 0.2) is 35.7 Å². The lowest BCUT2D eigenvalue weighted by atomic mass is 10.3. The molecule has 0 saturated heterocycles. The molecule has 3 N–H and O–H groups in total. The minimum atomic E-state index is -0.198. The summed E-state index contributed by atoms with van der Waals surface area (Å²) in [4.78, 5) is 12.5. The molecule has 0 unspecified atom stereocenters. The molecule has 1 aromatic heterocycles. The number of ether oxygens (including phenoxy) is 1. The highest BCUT2D eigenvalue weighted by Crippen LogP contribution is 2.22. The number of nitrogens with one attached hydrogen (secondary N) is 1. The Hall–Kier alpha value is -2.01. The van der Waals surface area contributed by atoms with Gasteiger partial charge in [-0.15, -0.1) is 11.3 Å². The van der Waals surface area contributed by atoms with E-state index in [1.54, 1.807) is 17.5 Å². The number of anilines is 2. The van der Waals surface area contributed by atoms with Crippen molar-refractivity contribution in [1.82, 2.24) is 0 Å². The smallest absolute Gasteiger partial charge is 0.267 e. The van der Waals surface area contributed by atoms with E-state index < -0.39 is 0 Å². The maximum Gasteiger partial charge on any atom is 0.267 e. The summed E-state index contributed by atoms with van der Waals surface area (Å²) in [5.74, 6) is 0.533. The first kappa shape index (κ1) is 12.4. The van der Waals surface area contributed by atoms with Gasteiger partial charge in [0.2, 0.25) is 0 Å². The average molecular weight is 262 g/mol. The second-order valence-corrected chi connectivity index (χ2v) is 4.54. The van der Waals surface area contributed by atoms with E-state index >= 15 is 0 Å². The maximum absolute atomic E-state index is 11.9. The van der Waals surface area contributed by atoms with Gasteiger partial charge in [-0.2, -0.15) is 0 Å². The monoisotopic (exact) mass is 262 g/mol. The fraction of sp³-hybridized carbons (Fsp3) is 0.154. The fourth-order valence-electron chi connectivity index (χ4n) is 1.52. The van der Waals surface area contributed by atoms with Crippen LogP contribution in [0.5, 0.6) is 5.75 Å². The molecule has 0 atom stereocenters. The van der Waals surface area contributed by atoms with Crippen molar-refractivity contribution in [3.63, 3.8) is 0 Å². The number of hydrogen-bond acceptors (Lipinski definition) is 4. The van der Waals surface area contributed by atoms with Crippen molar-refractivity contribution in [2.45, 2.75) is 6.92 Å². The number of thiophene rings is 1. The number of benzene rings is 1. The van der Waals surface area contributed by atoms with Crippen LogP contribution in [-0.4, -0.2) is 12.5 Å². The summed E-state index contributed by atoms with van der Waals surface area (Å²) in [7, 11) is 0. The summed E-state index contributed by atoms with van der Waals surface area (Å²) < 4.78 is 5.37. The summed E-state index contributed by atoms with van der Waals surface area (Å²) in [6.45, 7) is 2.51. The Balaban J connectivity index is 2.12. The van der Waals surface area contributed by atoms with Crippen LogP contribution in [0.3, 0.4) is 0 Å². The van der Waals surface area contributed by atoms with Crippen molar-refractivity contribution in [2.24, 2.45) is 0 Å². The van der Waals surface area contributed by atoms with Crippen LogP contribution in [0.4, 0.5) is 11.4 Å². The normalized spacial score (nSPS) is 10.1. The predicted octanol–water partition coefficient (Wildman–Crippen LogP) is 2.98. The van der Waals surface area contributed by atoms with Crippen molar-refractivity contribution >= 4 is 28.6 Å². The molecule has 2 rings (SSSR count). The number of amides is 1. The molecule has 1 aromatic carbocycles. The molecule has 5 heteroatoms. The Morgan fingerprint density at radius 3 is 2.94 bits per heavy atom. The van der Waals surface area contributed by atoms with E-state index in [4.69, 9.17) is 10.5 Å². The van der Waals surface area contributed by atoms with Gasteiger partial charge in [-0.1, -0.05) is 6.07 Å². The highest BCUT2D eigenvalue weighted by molar-refractivity contribution is 7.12. The maximum atomic E-state index is 11.9. The third kappa shape index (κ3) is 2.81. The molecule has 1 heterocycles. The van der Waals surface area contributed by atoms with E-state index in [1.165, 1.54) is 11.3 Å².